The summed E-state index contributed by atoms with van der Waals surface area (Å²) < 4.78 is 65.0. The summed E-state index contributed by atoms with van der Waals surface area (Å²) in [5, 5.41) is 8.21. The Morgan fingerprint density at radius 3 is 1.65 bits per heavy atom. The normalized spacial score (nSPS) is 11.6. The molecule has 0 bridgehead atoms. The van der Waals surface area contributed by atoms with Crippen molar-refractivity contribution < 1.29 is 24.7 Å². The third-order valence-corrected chi connectivity index (χ3v) is 2.49. The molecule has 0 aromatic heterocycles. The van der Waals surface area contributed by atoms with Crippen LogP contribution in [-0.4, -0.2) is 8.42 Å². The molecule has 1 aromatic rings. The van der Waals surface area contributed by atoms with Crippen molar-refractivity contribution in [2.75, 3.05) is 0 Å². The van der Waals surface area contributed by atoms with Crippen molar-refractivity contribution in [1.82, 2.24) is 0 Å². The molecule has 0 aliphatic carbocycles. The first-order valence-corrected chi connectivity index (χ1v) is 7.36. The number of hydrogen-bond donors (Lipinski definition) is 2. The zero-order chi connectivity index (χ0) is 13.7. The molecular weight excluding hydrogens is 376 g/mol. The van der Waals surface area contributed by atoms with Crippen molar-refractivity contribution in [3.05, 3.63) is 33.4 Å². The number of hydrogen-bond acceptors (Lipinski definition) is 3. The Balaban J connectivity index is 0.000000437. The highest BCUT2D eigenvalue weighted by molar-refractivity contribution is 14.1. The highest BCUT2D eigenvalue weighted by atomic mass is 127. The fourth-order valence-electron chi connectivity index (χ4n) is 0.690. The van der Waals surface area contributed by atoms with Gasteiger partial charge in [0.1, 0.15) is 0 Å². The Morgan fingerprint density at radius 2 is 1.41 bits per heavy atom. The SMILES string of the molecule is NS(N)(=O)=O.O=Ic1ccc(C(F)(F)F)cc1. The van der Waals surface area contributed by atoms with Crippen LogP contribution in [0.4, 0.5) is 13.2 Å². The van der Waals surface area contributed by atoms with E-state index in [-0.39, 0.29) is 0 Å². The summed E-state index contributed by atoms with van der Waals surface area (Å²) in [4.78, 5) is 0. The lowest BCUT2D eigenvalue weighted by Gasteiger charge is -2.04. The first kappa shape index (κ1) is 16.4. The maximum absolute atomic E-state index is 12.0. The van der Waals surface area contributed by atoms with E-state index in [9.17, 15) is 24.7 Å². The van der Waals surface area contributed by atoms with Gasteiger partial charge in [-0.15, -0.1) is 0 Å². The van der Waals surface area contributed by atoms with Gasteiger partial charge < -0.3 is 0 Å². The zero-order valence-corrected chi connectivity index (χ0v) is 11.1. The van der Waals surface area contributed by atoms with Gasteiger partial charge in [0.05, 0.1) is 5.56 Å². The highest BCUT2D eigenvalue weighted by Gasteiger charge is 2.29. The van der Waals surface area contributed by atoms with Gasteiger partial charge in [-0.25, -0.2) is 10.3 Å². The smallest absolute Gasteiger partial charge is 0.265 e. The first-order chi connectivity index (χ1) is 7.54. The molecule has 0 radical (unpaired) electrons. The van der Waals surface area contributed by atoms with Crippen LogP contribution < -0.4 is 10.3 Å². The van der Waals surface area contributed by atoms with Gasteiger partial charge in [-0.3, -0.25) is 3.07 Å². The molecule has 0 aliphatic heterocycles. The Labute approximate surface area is 106 Å². The lowest BCUT2D eigenvalue weighted by Crippen LogP contribution is -2.21. The monoisotopic (exact) mass is 384 g/mol. The van der Waals surface area contributed by atoms with Gasteiger partial charge >= 0.3 is 6.18 Å². The number of nitrogens with two attached hydrogens (primary N) is 2. The third kappa shape index (κ3) is 9.14. The lowest BCUT2D eigenvalue weighted by atomic mass is 10.2. The summed E-state index contributed by atoms with van der Waals surface area (Å²) in [6, 6.07) is 4.35. The van der Waals surface area contributed by atoms with Crippen molar-refractivity contribution in [3.8, 4) is 0 Å². The van der Waals surface area contributed by atoms with Crippen LogP contribution in [0, 0.1) is 3.57 Å². The Morgan fingerprint density at radius 1 is 1.06 bits per heavy atom. The molecule has 0 amide bonds. The second-order valence-electron chi connectivity index (χ2n) is 2.67. The number of benzene rings is 1. The summed E-state index contributed by atoms with van der Waals surface area (Å²) >= 11 is -1.36. The lowest BCUT2D eigenvalue weighted by molar-refractivity contribution is -0.137. The molecule has 0 saturated heterocycles. The van der Waals surface area contributed by atoms with Gasteiger partial charge in [-0.2, -0.15) is 21.6 Å². The molecule has 0 unspecified atom stereocenters. The maximum Gasteiger partial charge on any atom is 0.416 e. The van der Waals surface area contributed by atoms with E-state index in [1.165, 1.54) is 12.1 Å². The van der Waals surface area contributed by atoms with Gasteiger partial charge in [0.15, 0.2) is 21.2 Å². The molecule has 0 atom stereocenters. The van der Waals surface area contributed by atoms with Crippen molar-refractivity contribution in [2.24, 2.45) is 10.3 Å². The quantitative estimate of drug-likeness (QED) is 0.715. The fraction of sp³-hybridized carbons (Fsp3) is 0.143. The molecule has 1 aromatic carbocycles. The molecule has 0 fully saturated rings. The Bertz CT molecular complexity index is 464. The number of rotatable bonds is 1. The summed E-state index contributed by atoms with van der Waals surface area (Å²) in [5.74, 6) is 0. The predicted octanol–water partition coefficient (Wildman–Crippen LogP) is 1.34. The second-order valence-corrected chi connectivity index (χ2v) is 5.53. The largest absolute Gasteiger partial charge is 0.416 e. The fourth-order valence-corrected chi connectivity index (χ4v) is 1.34. The van der Waals surface area contributed by atoms with Crippen LogP contribution in [0.2, 0.25) is 0 Å². The van der Waals surface area contributed by atoms with E-state index < -0.39 is 43.1 Å². The maximum atomic E-state index is 12.0. The van der Waals surface area contributed by atoms with E-state index in [0.29, 0.717) is 3.57 Å². The van der Waals surface area contributed by atoms with Crippen LogP contribution in [0.25, 0.3) is 0 Å². The van der Waals surface area contributed by atoms with E-state index in [1.807, 2.05) is 0 Å². The number of halogens is 4. The van der Waals surface area contributed by atoms with E-state index in [2.05, 4.69) is 10.3 Å². The van der Waals surface area contributed by atoms with Crippen molar-refractivity contribution in [3.63, 3.8) is 0 Å². The van der Waals surface area contributed by atoms with E-state index in [1.54, 1.807) is 0 Å². The minimum absolute atomic E-state index is 0.474. The predicted molar refractivity (Wildman–Crippen MR) is 62.1 cm³/mol. The molecule has 17 heavy (non-hydrogen) atoms. The average molecular weight is 384 g/mol. The highest BCUT2D eigenvalue weighted by Crippen LogP contribution is 2.29. The van der Waals surface area contributed by atoms with Crippen LogP contribution in [0.15, 0.2) is 24.3 Å². The van der Waals surface area contributed by atoms with Crippen LogP contribution in [0.1, 0.15) is 5.56 Å². The molecule has 10 heteroatoms. The summed E-state index contributed by atoms with van der Waals surface area (Å²) in [6.45, 7) is 0. The third-order valence-electron chi connectivity index (χ3n) is 1.26. The topological polar surface area (TPSA) is 103 Å². The van der Waals surface area contributed by atoms with Crippen LogP contribution in [0.5, 0.6) is 0 Å². The molecule has 1 rings (SSSR count). The van der Waals surface area contributed by atoms with E-state index in [0.717, 1.165) is 12.1 Å². The molecule has 5 nitrogen and oxygen atoms in total. The van der Waals surface area contributed by atoms with Gasteiger partial charge in [-0.1, -0.05) is 0 Å². The summed E-state index contributed by atoms with van der Waals surface area (Å²) in [7, 11) is -3.67. The second kappa shape index (κ2) is 6.37. The van der Waals surface area contributed by atoms with Crippen LogP contribution in [-0.2, 0) is 19.5 Å². The molecule has 0 saturated carbocycles. The van der Waals surface area contributed by atoms with Gasteiger partial charge in [-0.05, 0) is 24.3 Å². The van der Waals surface area contributed by atoms with Gasteiger partial charge in [0.25, 0.3) is 10.2 Å². The standard InChI is InChI=1S/C7H4F3IO.H4N2O2S/c8-7(9,10)5-1-3-6(11-12)4-2-5;1-5(2,3)4/h1-4H;(H4,1,2,3,4). The van der Waals surface area contributed by atoms with Crippen LogP contribution in [0.3, 0.4) is 0 Å². The van der Waals surface area contributed by atoms with Gasteiger partial charge in [0.2, 0.25) is 0 Å². The van der Waals surface area contributed by atoms with Crippen molar-refractivity contribution in [2.45, 2.75) is 6.18 Å². The molecular formula is C7H8F3IN2O3S. The Kier molecular flexibility index (Phi) is 6.15. The van der Waals surface area contributed by atoms with E-state index in [4.69, 9.17) is 0 Å². The molecule has 0 spiro atoms. The Hall–Kier alpha value is -0.590. The van der Waals surface area contributed by atoms with Gasteiger partial charge in [0, 0.05) is 3.57 Å². The van der Waals surface area contributed by atoms with E-state index >= 15 is 0 Å². The minimum atomic E-state index is -4.31. The zero-order valence-electron chi connectivity index (χ0n) is 8.11. The average Bonchev–Trinajstić information content (AvgIpc) is 2.14. The molecule has 4 N–H and O–H groups in total. The first-order valence-electron chi connectivity index (χ1n) is 3.79. The summed E-state index contributed by atoms with van der Waals surface area (Å²) in [6.07, 6.45) is -4.31. The molecule has 0 aliphatic rings. The molecule has 98 valence electrons. The van der Waals surface area contributed by atoms with Crippen molar-refractivity contribution >= 4 is 31.4 Å². The van der Waals surface area contributed by atoms with Crippen LogP contribution >= 0.6 is 21.2 Å². The van der Waals surface area contributed by atoms with Crippen molar-refractivity contribution in [1.29, 1.82) is 0 Å². The summed E-state index contributed by atoms with van der Waals surface area (Å²) in [5.41, 5.74) is -0.705. The molecule has 0 heterocycles. The number of alkyl halides is 3. The minimum Gasteiger partial charge on any atom is -0.265 e.